The van der Waals surface area contributed by atoms with Crippen molar-refractivity contribution in [1.82, 2.24) is 15.5 Å². The Morgan fingerprint density at radius 3 is 2.48 bits per heavy atom. The van der Waals surface area contributed by atoms with Crippen LogP contribution in [-0.2, 0) is 11.3 Å². The number of hydrogen-bond acceptors (Lipinski definition) is 5. The fraction of sp³-hybridized carbons (Fsp3) is 0.636. The molecule has 174 valence electrons. The van der Waals surface area contributed by atoms with E-state index in [2.05, 4.69) is 21.7 Å². The fourth-order valence-electron chi connectivity index (χ4n) is 4.07. The molecule has 1 saturated heterocycles. The number of aliphatic imine (C=N–C) groups is 1. The molecule has 1 aliphatic heterocycles. The number of nitrogens with one attached hydrogen (secondary N) is 2. The van der Waals surface area contributed by atoms with Crippen molar-refractivity contribution >= 4 is 36.0 Å². The van der Waals surface area contributed by atoms with Gasteiger partial charge in [-0.25, -0.2) is 4.79 Å². The van der Waals surface area contributed by atoms with Gasteiger partial charge in [-0.05, 0) is 44.6 Å². The van der Waals surface area contributed by atoms with Gasteiger partial charge < -0.3 is 29.7 Å². The number of hydrogen-bond donors (Lipinski definition) is 2. The van der Waals surface area contributed by atoms with E-state index >= 15 is 0 Å². The number of ether oxygens (including phenoxy) is 3. The van der Waals surface area contributed by atoms with Crippen LogP contribution in [0.2, 0.25) is 0 Å². The summed E-state index contributed by atoms with van der Waals surface area (Å²) in [6.07, 6.45) is 6.34. The van der Waals surface area contributed by atoms with Crippen LogP contribution < -0.4 is 20.1 Å². The number of benzene rings is 1. The summed E-state index contributed by atoms with van der Waals surface area (Å²) in [7, 11) is 4.86. The minimum absolute atomic E-state index is 0. The molecule has 2 fully saturated rings. The lowest BCUT2D eigenvalue weighted by Gasteiger charge is -2.32. The number of carbonyl (C=O) groups is 1. The van der Waals surface area contributed by atoms with Gasteiger partial charge in [-0.15, -0.1) is 24.0 Å². The van der Waals surface area contributed by atoms with Crippen LogP contribution in [0.4, 0.5) is 4.79 Å². The Morgan fingerprint density at radius 1 is 1.16 bits per heavy atom. The van der Waals surface area contributed by atoms with Gasteiger partial charge in [0.2, 0.25) is 0 Å². The van der Waals surface area contributed by atoms with Crippen molar-refractivity contribution in [2.75, 3.05) is 34.4 Å². The van der Waals surface area contributed by atoms with Crippen LogP contribution in [0.25, 0.3) is 0 Å². The van der Waals surface area contributed by atoms with Gasteiger partial charge in [0.1, 0.15) is 0 Å². The van der Waals surface area contributed by atoms with Gasteiger partial charge in [0, 0.05) is 38.3 Å². The largest absolute Gasteiger partial charge is 0.493 e. The zero-order chi connectivity index (χ0) is 21.3. The molecule has 2 N–H and O–H groups in total. The molecule has 1 heterocycles. The second kappa shape index (κ2) is 12.8. The minimum Gasteiger partial charge on any atom is -0.493 e. The van der Waals surface area contributed by atoms with Crippen LogP contribution in [0.1, 0.15) is 44.1 Å². The SMILES string of the molecule is CN=C(NCc1cccc(OC)c1OC1CCCC1)NC1CCN(C(=O)OC)CC1.I. The first-order valence-electron chi connectivity index (χ1n) is 10.8. The van der Waals surface area contributed by atoms with E-state index in [0.29, 0.717) is 19.6 Å². The number of piperidine rings is 1. The molecule has 31 heavy (non-hydrogen) atoms. The van der Waals surface area contributed by atoms with Crippen molar-refractivity contribution in [3.63, 3.8) is 0 Å². The predicted molar refractivity (Wildman–Crippen MR) is 132 cm³/mol. The molecule has 1 aliphatic carbocycles. The molecule has 9 heteroatoms. The Hall–Kier alpha value is -1.91. The van der Waals surface area contributed by atoms with E-state index in [0.717, 1.165) is 48.7 Å². The molecule has 2 aliphatic rings. The van der Waals surface area contributed by atoms with Crippen molar-refractivity contribution < 1.29 is 19.0 Å². The minimum atomic E-state index is -0.260. The summed E-state index contributed by atoms with van der Waals surface area (Å²) in [5.74, 6) is 2.32. The average molecular weight is 546 g/mol. The maximum absolute atomic E-state index is 11.6. The fourth-order valence-corrected chi connectivity index (χ4v) is 4.07. The molecular formula is C22H35IN4O4. The molecule has 0 spiro atoms. The number of nitrogens with zero attached hydrogens (tertiary/aromatic N) is 2. The monoisotopic (exact) mass is 546 g/mol. The number of guanidine groups is 1. The molecule has 3 rings (SSSR count). The third kappa shape index (κ3) is 7.05. The van der Waals surface area contributed by atoms with E-state index in [1.54, 1.807) is 19.1 Å². The molecule has 0 atom stereocenters. The van der Waals surface area contributed by atoms with E-state index in [1.165, 1.54) is 20.0 Å². The van der Waals surface area contributed by atoms with Gasteiger partial charge in [-0.1, -0.05) is 12.1 Å². The summed E-state index contributed by atoms with van der Waals surface area (Å²) in [6, 6.07) is 6.24. The second-order valence-electron chi connectivity index (χ2n) is 7.77. The highest BCUT2D eigenvalue weighted by Gasteiger charge is 2.24. The number of para-hydroxylation sites is 1. The molecule has 1 aromatic carbocycles. The number of carbonyl (C=O) groups excluding carboxylic acids is 1. The van der Waals surface area contributed by atoms with Crippen LogP contribution in [0, 0.1) is 0 Å². The highest BCUT2D eigenvalue weighted by Crippen LogP contribution is 2.34. The van der Waals surface area contributed by atoms with Gasteiger partial charge >= 0.3 is 6.09 Å². The summed E-state index contributed by atoms with van der Waals surface area (Å²) in [5.41, 5.74) is 1.05. The Kier molecular flexibility index (Phi) is 10.5. The van der Waals surface area contributed by atoms with Gasteiger partial charge in [-0.2, -0.15) is 0 Å². The molecule has 0 aromatic heterocycles. The Morgan fingerprint density at radius 2 is 1.87 bits per heavy atom. The topological polar surface area (TPSA) is 84.4 Å². The maximum Gasteiger partial charge on any atom is 0.409 e. The lowest BCUT2D eigenvalue weighted by atomic mass is 10.1. The number of rotatable bonds is 6. The van der Waals surface area contributed by atoms with Gasteiger partial charge in [0.25, 0.3) is 0 Å². The number of amides is 1. The van der Waals surface area contributed by atoms with Crippen molar-refractivity contribution in [3.8, 4) is 11.5 Å². The third-order valence-corrected chi connectivity index (χ3v) is 5.81. The van der Waals surface area contributed by atoms with Crippen molar-refractivity contribution in [2.45, 2.75) is 57.2 Å². The molecule has 1 aromatic rings. The first-order chi connectivity index (χ1) is 14.6. The van der Waals surface area contributed by atoms with E-state index in [9.17, 15) is 4.79 Å². The lowest BCUT2D eigenvalue weighted by molar-refractivity contribution is 0.111. The second-order valence-corrected chi connectivity index (χ2v) is 7.77. The first-order valence-corrected chi connectivity index (χ1v) is 10.8. The molecule has 0 bridgehead atoms. The maximum atomic E-state index is 11.6. The van der Waals surface area contributed by atoms with Crippen LogP contribution in [-0.4, -0.2) is 63.5 Å². The molecule has 0 unspecified atom stereocenters. The molecule has 1 amide bonds. The third-order valence-electron chi connectivity index (χ3n) is 5.81. The van der Waals surface area contributed by atoms with Gasteiger partial charge in [0.15, 0.2) is 17.5 Å². The average Bonchev–Trinajstić information content (AvgIpc) is 3.30. The Labute approximate surface area is 202 Å². The van der Waals surface area contributed by atoms with Crippen LogP contribution in [0.5, 0.6) is 11.5 Å². The van der Waals surface area contributed by atoms with E-state index < -0.39 is 0 Å². The van der Waals surface area contributed by atoms with E-state index in [4.69, 9.17) is 14.2 Å². The smallest absolute Gasteiger partial charge is 0.409 e. The Bertz CT molecular complexity index is 732. The van der Waals surface area contributed by atoms with Crippen molar-refractivity contribution in [2.24, 2.45) is 4.99 Å². The predicted octanol–water partition coefficient (Wildman–Crippen LogP) is 3.53. The van der Waals surface area contributed by atoms with Crippen molar-refractivity contribution in [1.29, 1.82) is 0 Å². The van der Waals surface area contributed by atoms with Crippen LogP contribution in [0.15, 0.2) is 23.2 Å². The summed E-state index contributed by atoms with van der Waals surface area (Å²) >= 11 is 0. The van der Waals surface area contributed by atoms with Crippen LogP contribution >= 0.6 is 24.0 Å². The van der Waals surface area contributed by atoms with Gasteiger partial charge in [-0.3, -0.25) is 4.99 Å². The summed E-state index contributed by atoms with van der Waals surface area (Å²) in [5, 5.41) is 6.86. The molecule has 1 saturated carbocycles. The molecular weight excluding hydrogens is 511 g/mol. The van der Waals surface area contributed by atoms with E-state index in [1.807, 2.05) is 12.1 Å². The lowest BCUT2D eigenvalue weighted by Crippen LogP contribution is -2.49. The highest BCUT2D eigenvalue weighted by atomic mass is 127. The van der Waals surface area contributed by atoms with E-state index in [-0.39, 0.29) is 42.2 Å². The zero-order valence-electron chi connectivity index (χ0n) is 18.7. The summed E-state index contributed by atoms with van der Waals surface area (Å²) in [4.78, 5) is 17.7. The highest BCUT2D eigenvalue weighted by molar-refractivity contribution is 14.0. The molecule has 0 radical (unpaired) electrons. The zero-order valence-corrected chi connectivity index (χ0v) is 21.0. The first kappa shape index (κ1) is 25.4. The normalized spacial score (nSPS) is 17.6. The van der Waals surface area contributed by atoms with Gasteiger partial charge in [0.05, 0.1) is 20.3 Å². The number of likely N-dealkylation sites (tertiary alicyclic amines) is 1. The van der Waals surface area contributed by atoms with Crippen LogP contribution in [0.3, 0.4) is 0 Å². The summed E-state index contributed by atoms with van der Waals surface area (Å²) in [6.45, 7) is 1.94. The molecule has 8 nitrogen and oxygen atoms in total. The standard InChI is InChI=1S/C22H34N4O4.HI/c1-23-21(25-17-11-13-26(14-12-17)22(27)29-3)24-15-16-7-6-10-19(28-2)20(16)30-18-8-4-5-9-18;/h6-7,10,17-18H,4-5,8-9,11-15H2,1-3H3,(H2,23,24,25);1H. The number of methoxy groups -OCH3 is 2. The quantitative estimate of drug-likeness (QED) is 0.323. The summed E-state index contributed by atoms with van der Waals surface area (Å²) < 4.78 is 16.7. The number of halogens is 1. The Balaban J connectivity index is 0.00000341. The van der Waals surface area contributed by atoms with Crippen molar-refractivity contribution in [3.05, 3.63) is 23.8 Å².